The van der Waals surface area contributed by atoms with Crippen molar-refractivity contribution < 1.29 is 4.79 Å². The summed E-state index contributed by atoms with van der Waals surface area (Å²) < 4.78 is 0. The van der Waals surface area contributed by atoms with Gasteiger partial charge in [-0.1, -0.05) is 30.7 Å². The van der Waals surface area contributed by atoms with Crippen LogP contribution in [-0.4, -0.2) is 25.7 Å². The standard InChI is InChI=1S/C18H20ClN3O/c1-4-17(13-5-9-15(19)10-6-13)20-21-18(23)14-7-11-16(12-8-14)22(2)3/h5-12H,4H2,1-3H3,(H,21,23). The summed E-state index contributed by atoms with van der Waals surface area (Å²) in [5.41, 5.74) is 5.98. The Balaban J connectivity index is 2.10. The average Bonchev–Trinajstić information content (AvgIpc) is 2.56. The molecule has 0 heterocycles. The molecule has 0 unspecified atom stereocenters. The van der Waals surface area contributed by atoms with Crippen molar-refractivity contribution in [3.63, 3.8) is 0 Å². The number of halogens is 1. The van der Waals surface area contributed by atoms with Crippen molar-refractivity contribution in [2.75, 3.05) is 19.0 Å². The summed E-state index contributed by atoms with van der Waals surface area (Å²) in [6.45, 7) is 1.99. The summed E-state index contributed by atoms with van der Waals surface area (Å²) in [6, 6.07) is 14.8. The topological polar surface area (TPSA) is 44.7 Å². The van der Waals surface area contributed by atoms with Crippen molar-refractivity contribution in [1.29, 1.82) is 0 Å². The Morgan fingerprint density at radius 2 is 1.61 bits per heavy atom. The summed E-state index contributed by atoms with van der Waals surface area (Å²) in [6.07, 6.45) is 0.710. The van der Waals surface area contributed by atoms with Gasteiger partial charge in [-0.15, -0.1) is 0 Å². The Labute approximate surface area is 141 Å². The number of carbonyl (C=O) groups excluding carboxylic acids is 1. The lowest BCUT2D eigenvalue weighted by atomic mass is 10.1. The molecule has 23 heavy (non-hydrogen) atoms. The number of hydrogen-bond donors (Lipinski definition) is 1. The zero-order valence-electron chi connectivity index (χ0n) is 13.5. The highest BCUT2D eigenvalue weighted by atomic mass is 35.5. The van der Waals surface area contributed by atoms with Crippen LogP contribution in [0, 0.1) is 0 Å². The third-order valence-corrected chi connectivity index (χ3v) is 3.70. The van der Waals surface area contributed by atoms with Crippen molar-refractivity contribution in [2.45, 2.75) is 13.3 Å². The van der Waals surface area contributed by atoms with E-state index in [1.165, 1.54) is 0 Å². The quantitative estimate of drug-likeness (QED) is 0.667. The zero-order chi connectivity index (χ0) is 16.8. The van der Waals surface area contributed by atoms with Crippen LogP contribution in [0.25, 0.3) is 0 Å². The van der Waals surface area contributed by atoms with Crippen LogP contribution < -0.4 is 10.3 Å². The molecule has 0 aromatic heterocycles. The van der Waals surface area contributed by atoms with Gasteiger partial charge in [0.2, 0.25) is 0 Å². The van der Waals surface area contributed by atoms with Gasteiger partial charge in [0.25, 0.3) is 5.91 Å². The van der Waals surface area contributed by atoms with Crippen LogP contribution in [0.5, 0.6) is 0 Å². The second kappa shape index (κ2) is 7.79. The third kappa shape index (κ3) is 4.57. The number of benzene rings is 2. The minimum Gasteiger partial charge on any atom is -0.378 e. The van der Waals surface area contributed by atoms with Gasteiger partial charge in [-0.25, -0.2) is 5.43 Å². The Bertz CT molecular complexity index is 691. The first-order valence-electron chi connectivity index (χ1n) is 7.41. The Morgan fingerprint density at radius 3 is 2.13 bits per heavy atom. The van der Waals surface area contributed by atoms with Crippen LogP contribution in [0.2, 0.25) is 5.02 Å². The predicted octanol–water partition coefficient (Wildman–Crippen LogP) is 3.95. The van der Waals surface area contributed by atoms with Crippen molar-refractivity contribution in [2.24, 2.45) is 5.10 Å². The Kier molecular flexibility index (Phi) is 5.77. The van der Waals surface area contributed by atoms with Gasteiger partial charge < -0.3 is 4.90 Å². The minimum atomic E-state index is -0.227. The van der Waals surface area contributed by atoms with Crippen molar-refractivity contribution in [1.82, 2.24) is 5.43 Å². The van der Waals surface area contributed by atoms with E-state index in [0.717, 1.165) is 17.0 Å². The molecule has 0 aliphatic rings. The van der Waals surface area contributed by atoms with Crippen molar-refractivity contribution in [3.8, 4) is 0 Å². The van der Waals surface area contributed by atoms with Gasteiger partial charge in [-0.3, -0.25) is 4.79 Å². The molecular weight excluding hydrogens is 310 g/mol. The lowest BCUT2D eigenvalue weighted by Crippen LogP contribution is -2.20. The summed E-state index contributed by atoms with van der Waals surface area (Å²) in [5.74, 6) is -0.227. The summed E-state index contributed by atoms with van der Waals surface area (Å²) in [4.78, 5) is 14.2. The SMILES string of the molecule is CCC(=NNC(=O)c1ccc(N(C)C)cc1)c1ccc(Cl)cc1. The third-order valence-electron chi connectivity index (χ3n) is 3.45. The van der Waals surface area contributed by atoms with Crippen molar-refractivity contribution in [3.05, 3.63) is 64.7 Å². The number of amides is 1. The van der Waals surface area contributed by atoms with E-state index >= 15 is 0 Å². The highest BCUT2D eigenvalue weighted by Crippen LogP contribution is 2.13. The van der Waals surface area contributed by atoms with Gasteiger partial charge in [0.1, 0.15) is 0 Å². The van der Waals surface area contributed by atoms with E-state index in [2.05, 4.69) is 10.5 Å². The molecule has 4 nitrogen and oxygen atoms in total. The molecule has 1 N–H and O–H groups in total. The maximum atomic E-state index is 12.2. The number of hydrogen-bond acceptors (Lipinski definition) is 3. The van der Waals surface area contributed by atoms with Crippen molar-refractivity contribution >= 4 is 28.9 Å². The fourth-order valence-corrected chi connectivity index (χ4v) is 2.21. The zero-order valence-corrected chi connectivity index (χ0v) is 14.3. The monoisotopic (exact) mass is 329 g/mol. The molecule has 2 aromatic carbocycles. The van der Waals surface area contributed by atoms with E-state index < -0.39 is 0 Å². The molecule has 1 amide bonds. The molecule has 0 fully saturated rings. The van der Waals surface area contributed by atoms with Crippen LogP contribution in [0.15, 0.2) is 53.6 Å². The number of rotatable bonds is 5. The maximum Gasteiger partial charge on any atom is 0.271 e. The smallest absolute Gasteiger partial charge is 0.271 e. The number of hydrazone groups is 1. The molecule has 0 aliphatic carbocycles. The molecule has 0 bridgehead atoms. The van der Waals surface area contributed by atoms with E-state index in [0.29, 0.717) is 17.0 Å². The molecule has 0 atom stereocenters. The fraction of sp³-hybridized carbons (Fsp3) is 0.222. The van der Waals surface area contributed by atoms with Gasteiger partial charge in [0, 0.05) is 30.4 Å². The largest absolute Gasteiger partial charge is 0.378 e. The van der Waals surface area contributed by atoms with E-state index in [1.807, 2.05) is 62.3 Å². The molecule has 0 aliphatic heterocycles. The molecule has 5 heteroatoms. The Morgan fingerprint density at radius 1 is 1.04 bits per heavy atom. The molecule has 0 saturated heterocycles. The number of carbonyl (C=O) groups is 1. The van der Waals surface area contributed by atoms with Crippen LogP contribution in [0.3, 0.4) is 0 Å². The van der Waals surface area contributed by atoms with Gasteiger partial charge >= 0.3 is 0 Å². The highest BCUT2D eigenvalue weighted by molar-refractivity contribution is 6.30. The predicted molar refractivity (Wildman–Crippen MR) is 96.5 cm³/mol. The van der Waals surface area contributed by atoms with E-state index in [1.54, 1.807) is 12.1 Å². The number of nitrogens with zero attached hydrogens (tertiary/aromatic N) is 2. The van der Waals surface area contributed by atoms with E-state index in [9.17, 15) is 4.79 Å². The first kappa shape index (κ1) is 17.0. The van der Waals surface area contributed by atoms with Crippen LogP contribution in [0.4, 0.5) is 5.69 Å². The van der Waals surface area contributed by atoms with Crippen LogP contribution >= 0.6 is 11.6 Å². The summed E-state index contributed by atoms with van der Waals surface area (Å²) in [7, 11) is 3.91. The fourth-order valence-electron chi connectivity index (χ4n) is 2.08. The van der Waals surface area contributed by atoms with Gasteiger partial charge in [0.05, 0.1) is 5.71 Å². The molecule has 2 rings (SSSR count). The first-order chi connectivity index (χ1) is 11.0. The van der Waals surface area contributed by atoms with Gasteiger partial charge in [0.15, 0.2) is 0 Å². The highest BCUT2D eigenvalue weighted by Gasteiger charge is 2.07. The second-order valence-electron chi connectivity index (χ2n) is 5.30. The van der Waals surface area contributed by atoms with Gasteiger partial charge in [-0.2, -0.15) is 5.10 Å². The normalized spacial score (nSPS) is 11.2. The molecule has 0 radical (unpaired) electrons. The molecule has 120 valence electrons. The summed E-state index contributed by atoms with van der Waals surface area (Å²) >= 11 is 5.89. The number of anilines is 1. The number of nitrogens with one attached hydrogen (secondary N) is 1. The molecule has 2 aromatic rings. The minimum absolute atomic E-state index is 0.227. The lowest BCUT2D eigenvalue weighted by molar-refractivity contribution is 0.0955. The average molecular weight is 330 g/mol. The molecule has 0 spiro atoms. The molecule has 0 saturated carbocycles. The van der Waals surface area contributed by atoms with E-state index in [-0.39, 0.29) is 5.91 Å². The Hall–Kier alpha value is -2.33. The molecular formula is C18H20ClN3O. The second-order valence-corrected chi connectivity index (χ2v) is 5.74. The van der Waals surface area contributed by atoms with Crippen LogP contribution in [-0.2, 0) is 0 Å². The maximum absolute atomic E-state index is 12.2. The van der Waals surface area contributed by atoms with Gasteiger partial charge in [-0.05, 0) is 48.4 Å². The summed E-state index contributed by atoms with van der Waals surface area (Å²) in [5, 5.41) is 4.91. The first-order valence-corrected chi connectivity index (χ1v) is 7.79. The lowest BCUT2D eigenvalue weighted by Gasteiger charge is -2.12. The van der Waals surface area contributed by atoms with E-state index in [4.69, 9.17) is 11.6 Å². The van der Waals surface area contributed by atoms with Crippen LogP contribution in [0.1, 0.15) is 29.3 Å².